The van der Waals surface area contributed by atoms with E-state index in [4.69, 9.17) is 0 Å². The lowest BCUT2D eigenvalue weighted by Crippen LogP contribution is -2.46. The topological polar surface area (TPSA) is 86.7 Å². The summed E-state index contributed by atoms with van der Waals surface area (Å²) in [5, 5.41) is 12.8. The molecule has 0 spiro atoms. The van der Waals surface area contributed by atoms with Crippen molar-refractivity contribution < 1.29 is 18.3 Å². The Labute approximate surface area is 126 Å². The largest absolute Gasteiger partial charge is 0.393 e. The van der Waals surface area contributed by atoms with Gasteiger partial charge in [-0.1, -0.05) is 12.8 Å². The average Bonchev–Trinajstić information content (AvgIpc) is 2.45. The maximum Gasteiger partial charge on any atom is 0.224 e. The summed E-state index contributed by atoms with van der Waals surface area (Å²) >= 11 is 0. The van der Waals surface area contributed by atoms with E-state index in [0.717, 1.165) is 38.5 Å². The Kier molecular flexibility index (Phi) is 5.62. The van der Waals surface area contributed by atoms with Crippen molar-refractivity contribution in [1.29, 1.82) is 0 Å². The first-order chi connectivity index (χ1) is 9.88. The predicted octanol–water partition coefficient (Wildman–Crippen LogP) is 0.325. The summed E-state index contributed by atoms with van der Waals surface area (Å²) in [7, 11) is -3.22. The number of carbonyl (C=O) groups is 1. The first kappa shape index (κ1) is 16.7. The van der Waals surface area contributed by atoms with E-state index >= 15 is 0 Å². The fourth-order valence-electron chi connectivity index (χ4n) is 3.26. The molecule has 3 unspecified atom stereocenters. The minimum atomic E-state index is -3.22. The highest BCUT2D eigenvalue weighted by atomic mass is 32.2. The van der Waals surface area contributed by atoms with Crippen LogP contribution in [0, 0.1) is 11.8 Å². The first-order valence-corrected chi connectivity index (χ1v) is 9.63. The van der Waals surface area contributed by atoms with Crippen LogP contribution >= 0.6 is 0 Å². The summed E-state index contributed by atoms with van der Waals surface area (Å²) in [6.45, 7) is 1.28. The minimum absolute atomic E-state index is 0.0823. The van der Waals surface area contributed by atoms with Crippen molar-refractivity contribution >= 4 is 15.9 Å². The van der Waals surface area contributed by atoms with Crippen LogP contribution in [-0.4, -0.2) is 55.7 Å². The summed E-state index contributed by atoms with van der Waals surface area (Å²) in [4.78, 5) is 12.2. The summed E-state index contributed by atoms with van der Waals surface area (Å²) < 4.78 is 24.5. The maximum absolute atomic E-state index is 12.2. The molecule has 2 rings (SSSR count). The molecule has 6 nitrogen and oxygen atoms in total. The van der Waals surface area contributed by atoms with Gasteiger partial charge in [0, 0.05) is 25.6 Å². The van der Waals surface area contributed by atoms with Crippen LogP contribution in [0.1, 0.15) is 38.5 Å². The van der Waals surface area contributed by atoms with Crippen LogP contribution in [0.4, 0.5) is 0 Å². The van der Waals surface area contributed by atoms with Gasteiger partial charge in [-0.25, -0.2) is 12.7 Å². The molecule has 1 aliphatic carbocycles. The van der Waals surface area contributed by atoms with Crippen LogP contribution in [0.15, 0.2) is 0 Å². The van der Waals surface area contributed by atoms with Gasteiger partial charge in [0.2, 0.25) is 15.9 Å². The van der Waals surface area contributed by atoms with Crippen LogP contribution in [0.3, 0.4) is 0 Å². The van der Waals surface area contributed by atoms with Gasteiger partial charge in [-0.15, -0.1) is 0 Å². The molecule has 0 bridgehead atoms. The lowest BCUT2D eigenvalue weighted by atomic mass is 9.86. The fourth-order valence-corrected chi connectivity index (χ4v) is 4.17. The molecule has 0 aromatic heterocycles. The standard InChI is InChI=1S/C14H26N2O4S/c1-21(19,20)16-8-4-6-12(10-16)14(18)15-9-11-5-2-3-7-13(11)17/h11-13,17H,2-10H2,1H3,(H,15,18). The van der Waals surface area contributed by atoms with Gasteiger partial charge in [0.1, 0.15) is 0 Å². The van der Waals surface area contributed by atoms with Crippen molar-refractivity contribution in [3.63, 3.8) is 0 Å². The van der Waals surface area contributed by atoms with E-state index in [2.05, 4.69) is 5.32 Å². The zero-order chi connectivity index (χ0) is 15.5. The molecular weight excluding hydrogens is 292 g/mol. The molecule has 0 radical (unpaired) electrons. The van der Waals surface area contributed by atoms with E-state index in [1.165, 1.54) is 10.6 Å². The number of carbonyl (C=O) groups excluding carboxylic acids is 1. The highest BCUT2D eigenvalue weighted by Crippen LogP contribution is 2.24. The van der Waals surface area contributed by atoms with Crippen LogP contribution < -0.4 is 5.32 Å². The maximum atomic E-state index is 12.2. The average molecular weight is 318 g/mol. The number of sulfonamides is 1. The van der Waals surface area contributed by atoms with Gasteiger partial charge in [0.05, 0.1) is 18.3 Å². The normalized spacial score (nSPS) is 31.8. The molecular formula is C14H26N2O4S. The SMILES string of the molecule is CS(=O)(=O)N1CCCC(C(=O)NCC2CCCCC2O)C1. The molecule has 1 saturated heterocycles. The van der Waals surface area contributed by atoms with Gasteiger partial charge >= 0.3 is 0 Å². The number of nitrogens with one attached hydrogen (secondary N) is 1. The Bertz CT molecular complexity index is 466. The number of amides is 1. The summed E-state index contributed by atoms with van der Waals surface area (Å²) in [5.41, 5.74) is 0. The van der Waals surface area contributed by atoms with Gasteiger partial charge in [0.15, 0.2) is 0 Å². The molecule has 2 N–H and O–H groups in total. The summed E-state index contributed by atoms with van der Waals surface area (Å²) in [6, 6.07) is 0. The molecule has 21 heavy (non-hydrogen) atoms. The number of hydrogen-bond acceptors (Lipinski definition) is 4. The van der Waals surface area contributed by atoms with E-state index in [9.17, 15) is 18.3 Å². The number of piperidine rings is 1. The first-order valence-electron chi connectivity index (χ1n) is 7.79. The second-order valence-corrected chi connectivity index (χ2v) is 8.30. The van der Waals surface area contributed by atoms with Gasteiger partial charge in [0.25, 0.3) is 0 Å². The van der Waals surface area contributed by atoms with Crippen molar-refractivity contribution in [2.75, 3.05) is 25.9 Å². The molecule has 1 aliphatic heterocycles. The van der Waals surface area contributed by atoms with Crippen LogP contribution in [-0.2, 0) is 14.8 Å². The monoisotopic (exact) mass is 318 g/mol. The highest BCUT2D eigenvalue weighted by Gasteiger charge is 2.31. The van der Waals surface area contributed by atoms with E-state index in [1.807, 2.05) is 0 Å². The Morgan fingerprint density at radius 3 is 2.62 bits per heavy atom. The van der Waals surface area contributed by atoms with Crippen molar-refractivity contribution in [3.05, 3.63) is 0 Å². The third kappa shape index (κ3) is 4.66. The molecule has 1 amide bonds. The lowest BCUT2D eigenvalue weighted by Gasteiger charge is -2.31. The second-order valence-electron chi connectivity index (χ2n) is 6.32. The number of rotatable bonds is 4. The van der Waals surface area contributed by atoms with Crippen LogP contribution in [0.2, 0.25) is 0 Å². The minimum Gasteiger partial charge on any atom is -0.393 e. The van der Waals surface area contributed by atoms with Gasteiger partial charge in [-0.2, -0.15) is 0 Å². The van der Waals surface area contributed by atoms with E-state index < -0.39 is 10.0 Å². The molecule has 1 saturated carbocycles. The van der Waals surface area contributed by atoms with Crippen molar-refractivity contribution in [2.45, 2.75) is 44.6 Å². The molecule has 7 heteroatoms. The van der Waals surface area contributed by atoms with Crippen molar-refractivity contribution in [3.8, 4) is 0 Å². The molecule has 0 aromatic carbocycles. The van der Waals surface area contributed by atoms with Gasteiger partial charge < -0.3 is 10.4 Å². The van der Waals surface area contributed by atoms with Gasteiger partial charge in [-0.3, -0.25) is 4.79 Å². The Hall–Kier alpha value is -0.660. The number of nitrogens with zero attached hydrogens (tertiary/aromatic N) is 1. The molecule has 3 atom stereocenters. The third-order valence-corrected chi connectivity index (χ3v) is 5.90. The van der Waals surface area contributed by atoms with Crippen molar-refractivity contribution in [2.24, 2.45) is 11.8 Å². The van der Waals surface area contributed by atoms with Gasteiger partial charge in [-0.05, 0) is 25.7 Å². The Balaban J connectivity index is 1.82. The third-order valence-electron chi connectivity index (χ3n) is 4.63. The summed E-state index contributed by atoms with van der Waals surface area (Å²) in [5.74, 6) is -0.215. The molecule has 1 heterocycles. The number of aliphatic hydroxyl groups excluding tert-OH is 1. The Morgan fingerprint density at radius 1 is 1.24 bits per heavy atom. The van der Waals surface area contributed by atoms with E-state index in [-0.39, 0.29) is 30.4 Å². The number of aliphatic hydroxyl groups is 1. The Morgan fingerprint density at radius 2 is 1.95 bits per heavy atom. The van der Waals surface area contributed by atoms with Crippen LogP contribution in [0.25, 0.3) is 0 Å². The van der Waals surface area contributed by atoms with E-state index in [1.54, 1.807) is 0 Å². The fraction of sp³-hybridized carbons (Fsp3) is 0.929. The molecule has 0 aromatic rings. The number of hydrogen-bond donors (Lipinski definition) is 2. The predicted molar refractivity (Wildman–Crippen MR) is 80.1 cm³/mol. The van der Waals surface area contributed by atoms with Crippen molar-refractivity contribution in [1.82, 2.24) is 9.62 Å². The highest BCUT2D eigenvalue weighted by molar-refractivity contribution is 7.88. The summed E-state index contributed by atoms with van der Waals surface area (Å²) in [6.07, 6.45) is 6.22. The zero-order valence-electron chi connectivity index (χ0n) is 12.6. The molecule has 2 fully saturated rings. The smallest absolute Gasteiger partial charge is 0.224 e. The molecule has 122 valence electrons. The van der Waals surface area contributed by atoms with E-state index in [0.29, 0.717) is 13.1 Å². The second kappa shape index (κ2) is 7.07. The molecule has 2 aliphatic rings. The van der Waals surface area contributed by atoms with Crippen LogP contribution in [0.5, 0.6) is 0 Å². The zero-order valence-corrected chi connectivity index (χ0v) is 13.4. The quantitative estimate of drug-likeness (QED) is 0.782. The lowest BCUT2D eigenvalue weighted by molar-refractivity contribution is -0.126.